The number of rotatable bonds is 4. The van der Waals surface area contributed by atoms with Gasteiger partial charge in [0.1, 0.15) is 11.5 Å². The molecule has 0 spiro atoms. The molecule has 0 saturated heterocycles. The molecule has 0 bridgehead atoms. The van der Waals surface area contributed by atoms with Crippen molar-refractivity contribution in [1.29, 1.82) is 0 Å². The summed E-state index contributed by atoms with van der Waals surface area (Å²) in [5, 5.41) is 3.12. The third kappa shape index (κ3) is 3.29. The van der Waals surface area contributed by atoms with E-state index in [1.807, 2.05) is 32.2 Å². The third-order valence-electron chi connectivity index (χ3n) is 2.92. The Hall–Kier alpha value is -1.94. The highest BCUT2D eigenvalue weighted by atomic mass is 19.2. The first kappa shape index (κ1) is 13.5. The predicted octanol–water partition coefficient (Wildman–Crippen LogP) is 4.04. The topological polar surface area (TPSA) is 21.3 Å². The van der Waals surface area contributed by atoms with Crippen molar-refractivity contribution >= 4 is 0 Å². The molecule has 0 aliphatic carbocycles. The van der Waals surface area contributed by atoms with Gasteiger partial charge in [0.2, 0.25) is 0 Å². The van der Waals surface area contributed by atoms with Crippen LogP contribution in [-0.2, 0) is 0 Å². The molecule has 0 saturated carbocycles. The molecule has 0 fully saturated rings. The van der Waals surface area contributed by atoms with Crippen molar-refractivity contribution in [3.05, 3.63) is 59.7 Å². The van der Waals surface area contributed by atoms with Crippen LogP contribution in [0.5, 0.6) is 11.5 Å². The van der Waals surface area contributed by atoms with Gasteiger partial charge >= 0.3 is 0 Å². The maximum atomic E-state index is 13.1. The summed E-state index contributed by atoms with van der Waals surface area (Å²) in [6.07, 6.45) is 0. The molecule has 2 nitrogen and oxygen atoms in total. The monoisotopic (exact) mass is 263 g/mol. The molecule has 19 heavy (non-hydrogen) atoms. The van der Waals surface area contributed by atoms with E-state index < -0.39 is 11.6 Å². The number of halogens is 2. The SMILES string of the molecule is CNC(C)c1cccc(Oc2ccc(F)c(F)c2)c1. The molecular weight excluding hydrogens is 248 g/mol. The first-order valence-electron chi connectivity index (χ1n) is 6.00. The lowest BCUT2D eigenvalue weighted by Crippen LogP contribution is -2.12. The first-order valence-corrected chi connectivity index (χ1v) is 6.00. The predicted molar refractivity (Wildman–Crippen MR) is 70.3 cm³/mol. The number of hydrogen-bond acceptors (Lipinski definition) is 2. The maximum Gasteiger partial charge on any atom is 0.162 e. The van der Waals surface area contributed by atoms with E-state index in [2.05, 4.69) is 5.32 Å². The summed E-state index contributed by atoms with van der Waals surface area (Å²) in [5.74, 6) is -0.944. The Balaban J connectivity index is 2.20. The van der Waals surface area contributed by atoms with Gasteiger partial charge in [0.25, 0.3) is 0 Å². The van der Waals surface area contributed by atoms with Gasteiger partial charge in [-0.1, -0.05) is 12.1 Å². The fourth-order valence-corrected chi connectivity index (χ4v) is 1.69. The molecule has 2 rings (SSSR count). The van der Waals surface area contributed by atoms with Crippen LogP contribution in [0.25, 0.3) is 0 Å². The van der Waals surface area contributed by atoms with E-state index in [1.54, 1.807) is 6.07 Å². The fraction of sp³-hybridized carbons (Fsp3) is 0.200. The van der Waals surface area contributed by atoms with Crippen LogP contribution in [0.2, 0.25) is 0 Å². The van der Waals surface area contributed by atoms with Crippen LogP contribution in [0, 0.1) is 11.6 Å². The van der Waals surface area contributed by atoms with Crippen molar-refractivity contribution in [2.45, 2.75) is 13.0 Å². The molecule has 0 aliphatic rings. The number of ether oxygens (including phenoxy) is 1. The summed E-state index contributed by atoms with van der Waals surface area (Å²) >= 11 is 0. The van der Waals surface area contributed by atoms with Crippen molar-refractivity contribution < 1.29 is 13.5 Å². The van der Waals surface area contributed by atoms with Gasteiger partial charge < -0.3 is 10.1 Å². The molecule has 1 atom stereocenters. The lowest BCUT2D eigenvalue weighted by atomic mass is 10.1. The van der Waals surface area contributed by atoms with Gasteiger partial charge in [-0.15, -0.1) is 0 Å². The molecule has 0 radical (unpaired) electrons. The molecule has 100 valence electrons. The zero-order chi connectivity index (χ0) is 13.8. The summed E-state index contributed by atoms with van der Waals surface area (Å²) in [5.41, 5.74) is 1.06. The smallest absolute Gasteiger partial charge is 0.162 e. The number of benzene rings is 2. The van der Waals surface area contributed by atoms with E-state index in [0.29, 0.717) is 5.75 Å². The van der Waals surface area contributed by atoms with Gasteiger partial charge in [-0.3, -0.25) is 0 Å². The molecule has 1 unspecified atom stereocenters. The van der Waals surface area contributed by atoms with Crippen LogP contribution in [0.1, 0.15) is 18.5 Å². The van der Waals surface area contributed by atoms with Crippen molar-refractivity contribution in [2.75, 3.05) is 7.05 Å². The summed E-state index contributed by atoms with van der Waals surface area (Å²) in [6.45, 7) is 2.02. The second-order valence-corrected chi connectivity index (χ2v) is 4.26. The van der Waals surface area contributed by atoms with Crippen LogP contribution in [0.3, 0.4) is 0 Å². The highest BCUT2D eigenvalue weighted by Crippen LogP contribution is 2.25. The van der Waals surface area contributed by atoms with Gasteiger partial charge in [0.05, 0.1) is 0 Å². The minimum absolute atomic E-state index is 0.188. The molecule has 0 amide bonds. The average Bonchev–Trinajstić information content (AvgIpc) is 2.42. The van der Waals surface area contributed by atoms with Crippen LogP contribution in [0.4, 0.5) is 8.78 Å². The van der Waals surface area contributed by atoms with E-state index in [9.17, 15) is 8.78 Å². The standard InChI is InChI=1S/C15H15F2NO/c1-10(18-2)11-4-3-5-12(8-11)19-13-6-7-14(16)15(17)9-13/h3-10,18H,1-2H3. The minimum Gasteiger partial charge on any atom is -0.457 e. The van der Waals surface area contributed by atoms with Crippen molar-refractivity contribution in [3.63, 3.8) is 0 Å². The molecule has 2 aromatic rings. The largest absolute Gasteiger partial charge is 0.457 e. The van der Waals surface area contributed by atoms with E-state index in [1.165, 1.54) is 6.07 Å². The van der Waals surface area contributed by atoms with Gasteiger partial charge in [-0.25, -0.2) is 8.78 Å². The Labute approximate surface area is 111 Å². The molecule has 0 aliphatic heterocycles. The zero-order valence-electron chi connectivity index (χ0n) is 10.8. The van der Waals surface area contributed by atoms with Crippen LogP contribution in [-0.4, -0.2) is 7.05 Å². The molecule has 4 heteroatoms. The van der Waals surface area contributed by atoms with E-state index in [0.717, 1.165) is 17.7 Å². The molecule has 0 heterocycles. The van der Waals surface area contributed by atoms with Gasteiger partial charge in [-0.05, 0) is 43.8 Å². The third-order valence-corrected chi connectivity index (χ3v) is 2.92. The van der Waals surface area contributed by atoms with E-state index in [4.69, 9.17) is 4.74 Å². The van der Waals surface area contributed by atoms with E-state index in [-0.39, 0.29) is 11.8 Å². The lowest BCUT2D eigenvalue weighted by molar-refractivity contribution is 0.460. The Morgan fingerprint density at radius 2 is 1.74 bits per heavy atom. The maximum absolute atomic E-state index is 13.1. The summed E-state index contributed by atoms with van der Waals surface area (Å²) < 4.78 is 31.4. The zero-order valence-corrected chi connectivity index (χ0v) is 10.8. The highest BCUT2D eigenvalue weighted by Gasteiger charge is 2.06. The summed E-state index contributed by atoms with van der Waals surface area (Å²) in [6, 6.07) is 11.1. The second kappa shape index (κ2) is 5.80. The average molecular weight is 263 g/mol. The van der Waals surface area contributed by atoms with Crippen molar-refractivity contribution in [2.24, 2.45) is 0 Å². The first-order chi connectivity index (χ1) is 9.10. The summed E-state index contributed by atoms with van der Waals surface area (Å²) in [4.78, 5) is 0. The number of hydrogen-bond donors (Lipinski definition) is 1. The van der Waals surface area contributed by atoms with Gasteiger partial charge in [0, 0.05) is 12.1 Å². The minimum atomic E-state index is -0.919. The molecule has 0 aromatic heterocycles. The van der Waals surface area contributed by atoms with Crippen molar-refractivity contribution in [3.8, 4) is 11.5 Å². The van der Waals surface area contributed by atoms with Crippen molar-refractivity contribution in [1.82, 2.24) is 5.32 Å². The molecule has 1 N–H and O–H groups in total. The van der Waals surface area contributed by atoms with Gasteiger partial charge in [-0.2, -0.15) is 0 Å². The highest BCUT2D eigenvalue weighted by molar-refractivity contribution is 5.35. The van der Waals surface area contributed by atoms with Crippen LogP contribution < -0.4 is 10.1 Å². The van der Waals surface area contributed by atoms with Crippen LogP contribution >= 0.6 is 0 Å². The lowest BCUT2D eigenvalue weighted by Gasteiger charge is -2.12. The summed E-state index contributed by atoms with van der Waals surface area (Å²) in [7, 11) is 1.87. The van der Waals surface area contributed by atoms with Crippen LogP contribution in [0.15, 0.2) is 42.5 Å². The molecule has 2 aromatic carbocycles. The Morgan fingerprint density at radius 1 is 1.00 bits per heavy atom. The Morgan fingerprint density at radius 3 is 2.42 bits per heavy atom. The Bertz CT molecular complexity index is 572. The van der Waals surface area contributed by atoms with Gasteiger partial charge in [0.15, 0.2) is 11.6 Å². The Kier molecular flexibility index (Phi) is 4.12. The quantitative estimate of drug-likeness (QED) is 0.899. The number of nitrogens with one attached hydrogen (secondary N) is 1. The fourth-order valence-electron chi connectivity index (χ4n) is 1.69. The molecular formula is C15H15F2NO. The normalized spacial score (nSPS) is 12.2. The van der Waals surface area contributed by atoms with E-state index >= 15 is 0 Å². The second-order valence-electron chi connectivity index (χ2n) is 4.26.